The third kappa shape index (κ3) is 5.23. The summed E-state index contributed by atoms with van der Waals surface area (Å²) < 4.78 is 0. The molecule has 0 radical (unpaired) electrons. The Morgan fingerprint density at radius 2 is 1.67 bits per heavy atom. The molecule has 1 amide bonds. The van der Waals surface area contributed by atoms with E-state index in [0.29, 0.717) is 11.3 Å². The number of nitrogens with zero attached hydrogens (tertiary/aromatic N) is 2. The van der Waals surface area contributed by atoms with Crippen molar-refractivity contribution in [1.82, 2.24) is 0 Å². The average Bonchev–Trinajstić information content (AvgIpc) is 2.70. The maximum atomic E-state index is 12.7. The van der Waals surface area contributed by atoms with E-state index in [9.17, 15) is 14.5 Å². The minimum absolute atomic E-state index is 0.111. The van der Waals surface area contributed by atoms with Crippen LogP contribution >= 0.6 is 0 Å². The van der Waals surface area contributed by atoms with Crippen LogP contribution in [0.4, 0.5) is 11.4 Å². The Balaban J connectivity index is 2.35. The molecule has 0 aliphatic carbocycles. The van der Waals surface area contributed by atoms with Gasteiger partial charge in [-0.15, -0.1) is 4.91 Å². The topological polar surface area (TPSA) is 99.1 Å². The summed E-state index contributed by atoms with van der Waals surface area (Å²) in [5.74, 6) is -1.62. The normalized spacial score (nSPS) is 12.2. The summed E-state index contributed by atoms with van der Waals surface area (Å²) in [7, 11) is 0. The summed E-state index contributed by atoms with van der Waals surface area (Å²) in [5.41, 5.74) is 2.95. The van der Waals surface area contributed by atoms with Gasteiger partial charge in [-0.25, -0.2) is 4.79 Å². The number of carbonyl (C=O) groups is 2. The molecule has 0 saturated heterocycles. The van der Waals surface area contributed by atoms with Gasteiger partial charge in [-0.05, 0) is 60.7 Å². The summed E-state index contributed by atoms with van der Waals surface area (Å²) in [4.78, 5) is 37.5. The molecule has 0 aliphatic heterocycles. The molecule has 1 atom stereocenters. The van der Waals surface area contributed by atoms with Gasteiger partial charge in [0.2, 0.25) is 0 Å². The highest BCUT2D eigenvalue weighted by atomic mass is 16.4. The molecule has 0 spiro atoms. The number of benzene rings is 2. The van der Waals surface area contributed by atoms with E-state index in [1.54, 1.807) is 6.07 Å². The fourth-order valence-electron chi connectivity index (χ4n) is 3.33. The van der Waals surface area contributed by atoms with E-state index in [-0.39, 0.29) is 11.0 Å². The molecule has 2 N–H and O–H groups in total. The van der Waals surface area contributed by atoms with E-state index < -0.39 is 17.9 Å². The first-order valence-electron chi connectivity index (χ1n) is 9.98. The largest absolute Gasteiger partial charge is 0.478 e. The second-order valence-electron chi connectivity index (χ2n) is 8.08. The molecule has 0 heterocycles. The smallest absolute Gasteiger partial charge is 0.335 e. The zero-order chi connectivity index (χ0) is 22.5. The van der Waals surface area contributed by atoms with Crippen LogP contribution in [0.3, 0.4) is 0 Å². The predicted molar refractivity (Wildman–Crippen MR) is 119 cm³/mol. The second kappa shape index (κ2) is 9.52. The van der Waals surface area contributed by atoms with Crippen molar-refractivity contribution in [3.63, 3.8) is 0 Å². The van der Waals surface area contributed by atoms with Gasteiger partial charge >= 0.3 is 5.97 Å². The number of anilines is 2. The van der Waals surface area contributed by atoms with Crippen molar-refractivity contribution in [1.29, 1.82) is 0 Å². The molecule has 1 unspecified atom stereocenters. The Bertz CT molecular complexity index is 913. The molecule has 2 aromatic rings. The van der Waals surface area contributed by atoms with Gasteiger partial charge in [-0.3, -0.25) is 4.79 Å². The van der Waals surface area contributed by atoms with E-state index in [0.717, 1.165) is 24.3 Å². The van der Waals surface area contributed by atoms with Gasteiger partial charge in [0.15, 0.2) is 6.04 Å². The molecule has 30 heavy (non-hydrogen) atoms. The maximum absolute atomic E-state index is 12.7. The van der Waals surface area contributed by atoms with Crippen molar-refractivity contribution in [2.24, 2.45) is 5.18 Å². The van der Waals surface area contributed by atoms with Crippen molar-refractivity contribution in [2.45, 2.75) is 46.1 Å². The van der Waals surface area contributed by atoms with Crippen molar-refractivity contribution >= 4 is 23.3 Å². The van der Waals surface area contributed by atoms with Gasteiger partial charge in [-0.2, -0.15) is 0 Å². The first-order chi connectivity index (χ1) is 14.1. The fourth-order valence-corrected chi connectivity index (χ4v) is 3.33. The van der Waals surface area contributed by atoms with E-state index >= 15 is 0 Å². The Hall–Kier alpha value is -3.22. The molecule has 0 aromatic heterocycles. The molecule has 0 saturated carbocycles. The number of hydrogen-bond donors (Lipinski definition) is 2. The molecule has 7 heteroatoms. The SMILES string of the molecule is CCN(CC)c1ccc(C(N=O)C(=O)Nc2ccc(C(=O)O)cc2)cc1C(C)(C)C. The van der Waals surface area contributed by atoms with Gasteiger partial charge < -0.3 is 15.3 Å². The van der Waals surface area contributed by atoms with Gasteiger partial charge in [0, 0.05) is 24.5 Å². The lowest BCUT2D eigenvalue weighted by Gasteiger charge is -2.31. The number of rotatable bonds is 8. The van der Waals surface area contributed by atoms with Gasteiger partial charge in [0.05, 0.1) is 5.56 Å². The van der Waals surface area contributed by atoms with Gasteiger partial charge in [0.25, 0.3) is 5.91 Å². The highest BCUT2D eigenvalue weighted by molar-refractivity contribution is 5.96. The van der Waals surface area contributed by atoms with Gasteiger partial charge in [-0.1, -0.05) is 38.1 Å². The lowest BCUT2D eigenvalue weighted by molar-refractivity contribution is -0.117. The molecule has 0 aliphatic rings. The van der Waals surface area contributed by atoms with E-state index in [2.05, 4.69) is 50.0 Å². The average molecular weight is 412 g/mol. The van der Waals surface area contributed by atoms with Crippen LogP contribution < -0.4 is 10.2 Å². The zero-order valence-electron chi connectivity index (χ0n) is 18.1. The standard InChI is InChI=1S/C23H29N3O4/c1-6-26(7-2)19-13-10-16(14-18(19)23(3,4)5)20(25-30)21(27)24-17-11-8-15(9-12-17)22(28)29/h8-14,20H,6-7H2,1-5H3,(H,24,27)(H,28,29). The number of carboxylic acid groups (broad SMARTS) is 1. The third-order valence-electron chi connectivity index (χ3n) is 5.00. The van der Waals surface area contributed by atoms with E-state index in [1.807, 2.05) is 12.1 Å². The fraction of sp³-hybridized carbons (Fsp3) is 0.391. The van der Waals surface area contributed by atoms with Gasteiger partial charge in [0.1, 0.15) is 0 Å². The van der Waals surface area contributed by atoms with Crippen molar-refractivity contribution in [3.05, 3.63) is 64.1 Å². The predicted octanol–water partition coefficient (Wildman–Crippen LogP) is 4.97. The number of nitrogens with one attached hydrogen (secondary N) is 1. The lowest BCUT2D eigenvalue weighted by atomic mass is 9.83. The number of amides is 1. The molecular formula is C23H29N3O4. The highest BCUT2D eigenvalue weighted by Gasteiger charge is 2.26. The minimum atomic E-state index is -1.21. The molecule has 160 valence electrons. The Morgan fingerprint density at radius 1 is 1.07 bits per heavy atom. The molecule has 2 aromatic carbocycles. The molecule has 2 rings (SSSR count). The van der Waals surface area contributed by atoms with Crippen LogP contribution in [0.1, 0.15) is 62.1 Å². The highest BCUT2D eigenvalue weighted by Crippen LogP contribution is 2.35. The number of aromatic carboxylic acids is 1. The van der Waals surface area contributed by atoms with Crippen LogP contribution in [0.5, 0.6) is 0 Å². The summed E-state index contributed by atoms with van der Waals surface area (Å²) in [6.45, 7) is 12.1. The molecule has 7 nitrogen and oxygen atoms in total. The van der Waals surface area contributed by atoms with Crippen molar-refractivity contribution < 1.29 is 14.7 Å². The number of nitroso groups, excluding NO2 is 1. The number of carboxylic acids is 1. The zero-order valence-corrected chi connectivity index (χ0v) is 18.1. The molecular weight excluding hydrogens is 382 g/mol. The van der Waals surface area contributed by atoms with Crippen molar-refractivity contribution in [2.75, 3.05) is 23.3 Å². The van der Waals surface area contributed by atoms with E-state index in [4.69, 9.17) is 5.11 Å². The summed E-state index contributed by atoms with van der Waals surface area (Å²) in [5, 5.41) is 14.7. The first kappa shape index (κ1) is 23.1. The van der Waals surface area contributed by atoms with Crippen LogP contribution in [-0.2, 0) is 10.2 Å². The Morgan fingerprint density at radius 3 is 2.13 bits per heavy atom. The third-order valence-corrected chi connectivity index (χ3v) is 5.00. The summed E-state index contributed by atoms with van der Waals surface area (Å²) in [6, 6.07) is 10.1. The Labute approximate surface area is 177 Å². The number of hydrogen-bond acceptors (Lipinski definition) is 5. The van der Waals surface area contributed by atoms with Crippen LogP contribution in [0, 0.1) is 4.91 Å². The monoisotopic (exact) mass is 411 g/mol. The van der Waals surface area contributed by atoms with Crippen LogP contribution in [0.25, 0.3) is 0 Å². The second-order valence-corrected chi connectivity index (χ2v) is 8.08. The molecule has 0 bridgehead atoms. The molecule has 0 fully saturated rings. The summed E-state index contributed by atoms with van der Waals surface area (Å²) >= 11 is 0. The lowest BCUT2D eigenvalue weighted by Crippen LogP contribution is -2.27. The quantitative estimate of drug-likeness (QED) is 0.597. The van der Waals surface area contributed by atoms with Crippen LogP contribution in [0.2, 0.25) is 0 Å². The Kier molecular flexibility index (Phi) is 7.32. The first-order valence-corrected chi connectivity index (χ1v) is 9.98. The van der Waals surface area contributed by atoms with E-state index in [1.165, 1.54) is 24.3 Å². The van der Waals surface area contributed by atoms with Crippen molar-refractivity contribution in [3.8, 4) is 0 Å². The van der Waals surface area contributed by atoms with Crippen LogP contribution in [-0.4, -0.2) is 30.1 Å². The van der Waals surface area contributed by atoms with Crippen LogP contribution in [0.15, 0.2) is 47.6 Å². The summed E-state index contributed by atoms with van der Waals surface area (Å²) in [6.07, 6.45) is 0. The maximum Gasteiger partial charge on any atom is 0.335 e. The number of carbonyl (C=O) groups excluding carboxylic acids is 1. The minimum Gasteiger partial charge on any atom is -0.478 e.